The van der Waals surface area contributed by atoms with E-state index in [-0.39, 0.29) is 0 Å². The van der Waals surface area contributed by atoms with Gasteiger partial charge in [0.15, 0.2) is 0 Å². The van der Waals surface area contributed by atoms with Crippen LogP contribution in [0.25, 0.3) is 0 Å². The Morgan fingerprint density at radius 3 is 2.44 bits per heavy atom. The minimum Gasteiger partial charge on any atom is -0.384 e. The van der Waals surface area contributed by atoms with Gasteiger partial charge >= 0.3 is 0 Å². The van der Waals surface area contributed by atoms with Crippen LogP contribution in [-0.2, 0) is 0 Å². The maximum absolute atomic E-state index is 3.46. The van der Waals surface area contributed by atoms with Crippen LogP contribution in [-0.4, -0.2) is 12.3 Å². The van der Waals surface area contributed by atoms with Gasteiger partial charge in [-0.15, -0.1) is 11.8 Å². The Kier molecular flexibility index (Phi) is 5.60. The molecule has 0 aromatic heterocycles. The number of halogens is 2. The highest BCUT2D eigenvalue weighted by Crippen LogP contribution is 2.21. The lowest BCUT2D eigenvalue weighted by Gasteiger charge is -2.06. The third-order valence-electron chi connectivity index (χ3n) is 2.34. The van der Waals surface area contributed by atoms with Gasteiger partial charge in [-0.25, -0.2) is 0 Å². The molecule has 0 saturated heterocycles. The molecule has 94 valence electrons. The van der Waals surface area contributed by atoms with Crippen LogP contribution in [0.1, 0.15) is 0 Å². The number of rotatable bonds is 5. The fourth-order valence-electron chi connectivity index (χ4n) is 1.49. The molecule has 0 heterocycles. The maximum atomic E-state index is 3.46. The van der Waals surface area contributed by atoms with Crippen molar-refractivity contribution in [3.63, 3.8) is 0 Å². The lowest BCUT2D eigenvalue weighted by atomic mass is 10.3. The predicted molar refractivity (Wildman–Crippen MR) is 87.5 cm³/mol. The third kappa shape index (κ3) is 4.67. The Morgan fingerprint density at radius 2 is 1.72 bits per heavy atom. The van der Waals surface area contributed by atoms with Crippen molar-refractivity contribution in [3.05, 3.63) is 57.5 Å². The zero-order valence-corrected chi connectivity index (χ0v) is 13.7. The number of thioether (sulfide) groups is 1. The molecule has 1 nitrogen and oxygen atoms in total. The second-order valence-corrected chi connectivity index (χ2v) is 6.74. The second kappa shape index (κ2) is 7.22. The minimum absolute atomic E-state index is 0.956. The fourth-order valence-corrected chi connectivity index (χ4v) is 2.93. The molecule has 4 heteroatoms. The standard InChI is InChI=1S/C14H13Br2NS/c15-11-4-6-14(7-5-11)18-9-8-17-13-3-1-2-12(16)10-13/h1-7,10,17H,8-9H2. The first kappa shape index (κ1) is 14.0. The molecule has 0 atom stereocenters. The summed E-state index contributed by atoms with van der Waals surface area (Å²) < 4.78 is 2.23. The molecule has 0 radical (unpaired) electrons. The fraction of sp³-hybridized carbons (Fsp3) is 0.143. The second-order valence-electron chi connectivity index (χ2n) is 3.74. The summed E-state index contributed by atoms with van der Waals surface area (Å²) in [6.45, 7) is 0.956. The van der Waals surface area contributed by atoms with E-state index in [2.05, 4.69) is 73.6 Å². The van der Waals surface area contributed by atoms with Crippen molar-refractivity contribution in [2.45, 2.75) is 4.90 Å². The number of benzene rings is 2. The number of hydrogen-bond acceptors (Lipinski definition) is 2. The molecule has 0 aliphatic rings. The molecule has 0 amide bonds. The van der Waals surface area contributed by atoms with E-state index in [1.165, 1.54) is 4.90 Å². The monoisotopic (exact) mass is 385 g/mol. The van der Waals surface area contributed by atoms with E-state index in [9.17, 15) is 0 Å². The van der Waals surface area contributed by atoms with Crippen molar-refractivity contribution in [3.8, 4) is 0 Å². The third-order valence-corrected chi connectivity index (χ3v) is 4.37. The molecule has 1 N–H and O–H groups in total. The minimum atomic E-state index is 0.956. The van der Waals surface area contributed by atoms with E-state index < -0.39 is 0 Å². The van der Waals surface area contributed by atoms with Gasteiger partial charge in [0, 0.05) is 31.8 Å². The van der Waals surface area contributed by atoms with Gasteiger partial charge in [0.2, 0.25) is 0 Å². The summed E-state index contributed by atoms with van der Waals surface area (Å²) >= 11 is 8.76. The lowest BCUT2D eigenvalue weighted by molar-refractivity contribution is 1.22. The highest BCUT2D eigenvalue weighted by Gasteiger charge is 1.95. The lowest BCUT2D eigenvalue weighted by Crippen LogP contribution is -2.03. The molecule has 2 rings (SSSR count). The highest BCUT2D eigenvalue weighted by atomic mass is 79.9. The molecule has 0 bridgehead atoms. The van der Waals surface area contributed by atoms with Crippen LogP contribution >= 0.6 is 43.6 Å². The Morgan fingerprint density at radius 1 is 0.944 bits per heavy atom. The van der Waals surface area contributed by atoms with Crippen molar-refractivity contribution < 1.29 is 0 Å². The smallest absolute Gasteiger partial charge is 0.0351 e. The van der Waals surface area contributed by atoms with Gasteiger partial charge in [-0.3, -0.25) is 0 Å². The molecule has 0 saturated carbocycles. The number of nitrogens with one attached hydrogen (secondary N) is 1. The molecular formula is C14H13Br2NS. The maximum Gasteiger partial charge on any atom is 0.0351 e. The molecule has 2 aromatic rings. The highest BCUT2D eigenvalue weighted by molar-refractivity contribution is 9.10. The van der Waals surface area contributed by atoms with Gasteiger partial charge in [0.1, 0.15) is 0 Å². The van der Waals surface area contributed by atoms with E-state index >= 15 is 0 Å². The molecular weight excluding hydrogens is 374 g/mol. The van der Waals surface area contributed by atoms with Crippen LogP contribution in [0.2, 0.25) is 0 Å². The summed E-state index contributed by atoms with van der Waals surface area (Å²) in [5.74, 6) is 1.05. The van der Waals surface area contributed by atoms with E-state index in [0.717, 1.165) is 26.9 Å². The van der Waals surface area contributed by atoms with E-state index in [1.54, 1.807) is 0 Å². The molecule has 0 unspecified atom stereocenters. The zero-order chi connectivity index (χ0) is 12.8. The van der Waals surface area contributed by atoms with E-state index in [1.807, 2.05) is 23.9 Å². The Balaban J connectivity index is 1.74. The van der Waals surface area contributed by atoms with Crippen LogP contribution in [0.3, 0.4) is 0 Å². The zero-order valence-electron chi connectivity index (χ0n) is 9.70. The van der Waals surface area contributed by atoms with Gasteiger partial charge in [-0.2, -0.15) is 0 Å². The topological polar surface area (TPSA) is 12.0 Å². The largest absolute Gasteiger partial charge is 0.384 e. The van der Waals surface area contributed by atoms with Gasteiger partial charge in [-0.05, 0) is 42.5 Å². The quantitative estimate of drug-likeness (QED) is 0.544. The van der Waals surface area contributed by atoms with Crippen LogP contribution in [0.15, 0.2) is 62.4 Å². The van der Waals surface area contributed by atoms with Crippen LogP contribution in [0.4, 0.5) is 5.69 Å². The summed E-state index contributed by atoms with van der Waals surface area (Å²) in [4.78, 5) is 1.30. The van der Waals surface area contributed by atoms with Crippen molar-refractivity contribution in [2.24, 2.45) is 0 Å². The van der Waals surface area contributed by atoms with Gasteiger partial charge in [0.25, 0.3) is 0 Å². The molecule has 0 aliphatic heterocycles. The average Bonchev–Trinajstić information content (AvgIpc) is 2.37. The normalized spacial score (nSPS) is 10.3. The first-order chi connectivity index (χ1) is 8.74. The molecule has 2 aromatic carbocycles. The Hall–Kier alpha value is -0.450. The number of anilines is 1. The van der Waals surface area contributed by atoms with E-state index in [0.29, 0.717) is 0 Å². The predicted octanol–water partition coefficient (Wildman–Crippen LogP) is 5.42. The van der Waals surface area contributed by atoms with Gasteiger partial charge < -0.3 is 5.32 Å². The summed E-state index contributed by atoms with van der Waals surface area (Å²) in [6, 6.07) is 16.6. The Labute approximate surface area is 129 Å². The molecule has 0 spiro atoms. The van der Waals surface area contributed by atoms with Crippen LogP contribution in [0, 0.1) is 0 Å². The van der Waals surface area contributed by atoms with Crippen molar-refractivity contribution in [1.82, 2.24) is 0 Å². The first-order valence-corrected chi connectivity index (χ1v) is 8.19. The van der Waals surface area contributed by atoms with Crippen molar-refractivity contribution in [2.75, 3.05) is 17.6 Å². The Bertz CT molecular complexity index is 499. The summed E-state index contributed by atoms with van der Waals surface area (Å²) in [5, 5.41) is 3.41. The molecule has 18 heavy (non-hydrogen) atoms. The van der Waals surface area contributed by atoms with Crippen LogP contribution < -0.4 is 5.32 Å². The SMILES string of the molecule is Brc1ccc(SCCNc2cccc(Br)c2)cc1. The summed E-state index contributed by atoms with van der Waals surface area (Å²) in [5.41, 5.74) is 1.15. The molecule has 0 aliphatic carbocycles. The van der Waals surface area contributed by atoms with E-state index in [4.69, 9.17) is 0 Å². The van der Waals surface area contributed by atoms with Crippen molar-refractivity contribution in [1.29, 1.82) is 0 Å². The summed E-state index contributed by atoms with van der Waals surface area (Å²) in [6.07, 6.45) is 0. The first-order valence-electron chi connectivity index (χ1n) is 5.62. The van der Waals surface area contributed by atoms with Gasteiger partial charge in [0.05, 0.1) is 0 Å². The number of hydrogen-bond donors (Lipinski definition) is 1. The summed E-state index contributed by atoms with van der Waals surface area (Å²) in [7, 11) is 0. The average molecular weight is 387 g/mol. The molecule has 0 fully saturated rings. The van der Waals surface area contributed by atoms with Crippen molar-refractivity contribution >= 4 is 49.3 Å². The van der Waals surface area contributed by atoms with Gasteiger partial charge in [-0.1, -0.05) is 37.9 Å². The van der Waals surface area contributed by atoms with Crippen LogP contribution in [0.5, 0.6) is 0 Å².